The maximum atomic E-state index is 12.9. The van der Waals surface area contributed by atoms with E-state index in [2.05, 4.69) is 15.7 Å². The number of carbonyl (C=O) groups excluding carboxylic acids is 1. The number of nitrogens with one attached hydrogen (secondary N) is 1. The smallest absolute Gasteiger partial charge is 0.271 e. The van der Waals surface area contributed by atoms with E-state index in [0.29, 0.717) is 37.4 Å². The van der Waals surface area contributed by atoms with Crippen molar-refractivity contribution in [2.45, 2.75) is 24.1 Å². The number of carbonyl (C=O) groups is 1. The minimum atomic E-state index is -3.66. The Morgan fingerprint density at radius 1 is 1.17 bits per heavy atom. The van der Waals surface area contributed by atoms with Gasteiger partial charge in [-0.15, -0.1) is 11.3 Å². The Morgan fingerprint density at radius 2 is 1.90 bits per heavy atom. The van der Waals surface area contributed by atoms with Crippen molar-refractivity contribution in [3.63, 3.8) is 0 Å². The summed E-state index contributed by atoms with van der Waals surface area (Å²) in [6.07, 6.45) is 0. The van der Waals surface area contributed by atoms with E-state index in [1.165, 1.54) is 6.07 Å². The van der Waals surface area contributed by atoms with Crippen LogP contribution in [0.4, 0.5) is 5.69 Å². The third-order valence-electron chi connectivity index (χ3n) is 4.88. The summed E-state index contributed by atoms with van der Waals surface area (Å²) in [7, 11) is -3.66. The van der Waals surface area contributed by atoms with Crippen molar-refractivity contribution in [1.29, 1.82) is 5.26 Å². The van der Waals surface area contributed by atoms with Gasteiger partial charge in [0.25, 0.3) is 15.9 Å². The molecule has 154 valence electrons. The number of rotatable bonds is 6. The van der Waals surface area contributed by atoms with Crippen molar-refractivity contribution in [2.75, 3.05) is 30.9 Å². The molecular weight excluding hydrogens is 408 g/mol. The molecule has 1 N–H and O–H groups in total. The second kappa shape index (κ2) is 8.95. The third kappa shape index (κ3) is 4.96. The van der Waals surface area contributed by atoms with Crippen LogP contribution in [-0.2, 0) is 10.0 Å². The number of sulfonamides is 1. The zero-order chi connectivity index (χ0) is 21.0. The fraction of sp³-hybridized carbons (Fsp3) is 0.400. The van der Waals surface area contributed by atoms with E-state index >= 15 is 0 Å². The summed E-state index contributed by atoms with van der Waals surface area (Å²) in [6, 6.07) is 11.9. The second-order valence-electron chi connectivity index (χ2n) is 7.26. The van der Waals surface area contributed by atoms with E-state index in [1.54, 1.807) is 40.6 Å². The molecule has 0 saturated carbocycles. The topological polar surface area (TPSA) is 93.5 Å². The molecule has 2 aromatic rings. The first kappa shape index (κ1) is 21.3. The normalized spacial score (nSPS) is 16.4. The average molecular weight is 433 g/mol. The number of piperazine rings is 1. The number of nitrogens with zero attached hydrogens (tertiary/aromatic N) is 3. The summed E-state index contributed by atoms with van der Waals surface area (Å²) in [4.78, 5) is 16.8. The second-order valence-corrected chi connectivity index (χ2v) is 10.1. The largest absolute Gasteiger partial charge is 0.336 e. The predicted molar refractivity (Wildman–Crippen MR) is 113 cm³/mol. The number of thiophene rings is 1. The van der Waals surface area contributed by atoms with Gasteiger partial charge in [0.2, 0.25) is 0 Å². The third-order valence-corrected chi connectivity index (χ3v) is 7.66. The lowest BCUT2D eigenvalue weighted by atomic mass is 10.0. The SMILES string of the molecule is CC(C)C(C#N)N1CCN(C(=O)c2cccc(NS(=O)(=O)c3cccs3)c2)CC1. The molecule has 7 nitrogen and oxygen atoms in total. The first-order valence-corrected chi connectivity index (χ1v) is 11.8. The van der Waals surface area contributed by atoms with Gasteiger partial charge in [-0.3, -0.25) is 14.4 Å². The zero-order valence-corrected chi connectivity index (χ0v) is 18.0. The Balaban J connectivity index is 1.67. The van der Waals surface area contributed by atoms with Crippen molar-refractivity contribution >= 4 is 33.0 Å². The van der Waals surface area contributed by atoms with E-state index in [0.717, 1.165) is 11.3 Å². The maximum absolute atomic E-state index is 12.9. The maximum Gasteiger partial charge on any atom is 0.271 e. The molecule has 1 fully saturated rings. The van der Waals surface area contributed by atoms with E-state index in [1.807, 2.05) is 13.8 Å². The predicted octanol–water partition coefficient (Wildman–Crippen LogP) is 2.85. The number of nitriles is 1. The van der Waals surface area contributed by atoms with E-state index in [-0.39, 0.29) is 22.1 Å². The number of anilines is 1. The Morgan fingerprint density at radius 3 is 2.48 bits per heavy atom. The highest BCUT2D eigenvalue weighted by atomic mass is 32.2. The van der Waals surface area contributed by atoms with Gasteiger partial charge in [-0.1, -0.05) is 26.0 Å². The summed E-state index contributed by atoms with van der Waals surface area (Å²) in [5, 5.41) is 11.1. The Bertz CT molecular complexity index is 989. The zero-order valence-electron chi connectivity index (χ0n) is 16.4. The number of hydrogen-bond acceptors (Lipinski definition) is 6. The molecule has 2 heterocycles. The van der Waals surface area contributed by atoms with Crippen LogP contribution in [-0.4, -0.2) is 56.3 Å². The molecule has 0 spiro atoms. The van der Waals surface area contributed by atoms with Crippen LogP contribution in [0.1, 0.15) is 24.2 Å². The fourth-order valence-corrected chi connectivity index (χ4v) is 5.42. The number of benzene rings is 1. The molecule has 0 bridgehead atoms. The molecule has 1 aromatic carbocycles. The van der Waals surface area contributed by atoms with Crippen LogP contribution >= 0.6 is 11.3 Å². The van der Waals surface area contributed by atoms with Gasteiger partial charge in [-0.25, -0.2) is 8.42 Å². The van der Waals surface area contributed by atoms with Crippen LogP contribution in [0.5, 0.6) is 0 Å². The molecule has 1 aliphatic rings. The lowest BCUT2D eigenvalue weighted by Gasteiger charge is -2.38. The van der Waals surface area contributed by atoms with Crippen molar-refractivity contribution in [2.24, 2.45) is 5.92 Å². The van der Waals surface area contributed by atoms with Crippen molar-refractivity contribution in [3.05, 3.63) is 47.3 Å². The number of amides is 1. The van der Waals surface area contributed by atoms with Crippen LogP contribution < -0.4 is 4.72 Å². The van der Waals surface area contributed by atoms with Crippen LogP contribution in [0.3, 0.4) is 0 Å². The van der Waals surface area contributed by atoms with Gasteiger partial charge in [-0.2, -0.15) is 5.26 Å². The fourth-order valence-electron chi connectivity index (χ4n) is 3.38. The summed E-state index contributed by atoms with van der Waals surface area (Å²) in [5.74, 6) is 0.0928. The highest BCUT2D eigenvalue weighted by molar-refractivity contribution is 7.94. The van der Waals surface area contributed by atoms with Crippen molar-refractivity contribution < 1.29 is 13.2 Å². The van der Waals surface area contributed by atoms with Gasteiger partial charge in [-0.05, 0) is 35.6 Å². The molecule has 1 saturated heterocycles. The van der Waals surface area contributed by atoms with Crippen LogP contribution in [0, 0.1) is 17.2 Å². The van der Waals surface area contributed by atoms with Gasteiger partial charge >= 0.3 is 0 Å². The highest BCUT2D eigenvalue weighted by Gasteiger charge is 2.28. The summed E-state index contributed by atoms with van der Waals surface area (Å²) in [6.45, 7) is 6.41. The van der Waals surface area contributed by atoms with Gasteiger partial charge in [0.05, 0.1) is 6.07 Å². The molecule has 3 rings (SSSR count). The van der Waals surface area contributed by atoms with Crippen molar-refractivity contribution in [1.82, 2.24) is 9.80 Å². The Hall–Kier alpha value is -2.41. The molecule has 1 aliphatic heterocycles. The van der Waals surface area contributed by atoms with Gasteiger partial charge in [0.1, 0.15) is 10.3 Å². The standard InChI is InChI=1S/C20H24N4O3S2/c1-15(2)18(14-21)23-8-10-24(11-9-23)20(25)16-5-3-6-17(13-16)22-29(26,27)19-7-4-12-28-19/h3-7,12-13,15,18,22H,8-11H2,1-2H3. The monoisotopic (exact) mass is 432 g/mol. The molecule has 1 aromatic heterocycles. The molecule has 9 heteroatoms. The van der Waals surface area contributed by atoms with E-state index < -0.39 is 10.0 Å². The molecule has 1 unspecified atom stereocenters. The van der Waals surface area contributed by atoms with E-state index in [4.69, 9.17) is 0 Å². The van der Waals surface area contributed by atoms with Crippen LogP contribution in [0.15, 0.2) is 46.0 Å². The average Bonchev–Trinajstić information content (AvgIpc) is 3.24. The Kier molecular flexibility index (Phi) is 6.57. The summed E-state index contributed by atoms with van der Waals surface area (Å²) >= 11 is 1.14. The Labute approximate surface area is 175 Å². The van der Waals surface area contributed by atoms with Gasteiger partial charge in [0, 0.05) is 37.4 Å². The van der Waals surface area contributed by atoms with E-state index in [9.17, 15) is 18.5 Å². The van der Waals surface area contributed by atoms with Gasteiger partial charge < -0.3 is 4.90 Å². The molecule has 1 atom stereocenters. The minimum Gasteiger partial charge on any atom is -0.336 e. The van der Waals surface area contributed by atoms with Crippen LogP contribution in [0.2, 0.25) is 0 Å². The minimum absolute atomic E-state index is 0.139. The van der Waals surface area contributed by atoms with Crippen LogP contribution in [0.25, 0.3) is 0 Å². The molecule has 0 radical (unpaired) electrons. The first-order chi connectivity index (χ1) is 13.8. The summed E-state index contributed by atoms with van der Waals surface area (Å²) < 4.78 is 27.6. The van der Waals surface area contributed by atoms with Gasteiger partial charge in [0.15, 0.2) is 0 Å². The molecule has 1 amide bonds. The summed E-state index contributed by atoms with van der Waals surface area (Å²) in [5.41, 5.74) is 0.790. The number of hydrogen-bond donors (Lipinski definition) is 1. The molecular formula is C20H24N4O3S2. The molecule has 29 heavy (non-hydrogen) atoms. The highest BCUT2D eigenvalue weighted by Crippen LogP contribution is 2.22. The lowest BCUT2D eigenvalue weighted by molar-refractivity contribution is 0.0577. The van der Waals surface area contributed by atoms with Crippen molar-refractivity contribution in [3.8, 4) is 6.07 Å². The lowest BCUT2D eigenvalue weighted by Crippen LogP contribution is -2.52. The first-order valence-electron chi connectivity index (χ1n) is 9.41. The quantitative estimate of drug-likeness (QED) is 0.758. The molecule has 0 aliphatic carbocycles.